The van der Waals surface area contributed by atoms with Gasteiger partial charge >= 0.3 is 0 Å². The lowest BCUT2D eigenvalue weighted by molar-refractivity contribution is 0.900. The summed E-state index contributed by atoms with van der Waals surface area (Å²) in [6.45, 7) is 3.60. The molecule has 3 heteroatoms. The lowest BCUT2D eigenvalue weighted by atomic mass is 10.6. The first-order chi connectivity index (χ1) is 4.88. The summed E-state index contributed by atoms with van der Waals surface area (Å²) >= 11 is 0. The summed E-state index contributed by atoms with van der Waals surface area (Å²) in [5.41, 5.74) is 0.664. The predicted molar refractivity (Wildman–Crippen MR) is 40.1 cm³/mol. The molecular weight excluding hydrogens is 126 g/mol. The largest absolute Gasteiger partial charge is 0.294 e. The molecule has 0 unspecified atom stereocenters. The van der Waals surface area contributed by atoms with Crippen LogP contribution in [0.1, 0.15) is 0 Å². The molecule has 1 aromatic rings. The van der Waals surface area contributed by atoms with Crippen LogP contribution in [0.4, 0.5) is 0 Å². The van der Waals surface area contributed by atoms with Crippen molar-refractivity contribution in [1.82, 2.24) is 9.55 Å². The third kappa shape index (κ3) is 1.13. The van der Waals surface area contributed by atoms with Crippen LogP contribution >= 0.6 is 0 Å². The average molecular weight is 135 g/mol. The first kappa shape index (κ1) is 6.74. The monoisotopic (exact) mass is 135 g/mol. The van der Waals surface area contributed by atoms with E-state index in [2.05, 4.69) is 16.6 Å². The van der Waals surface area contributed by atoms with Crippen molar-refractivity contribution < 1.29 is 0 Å². The molecule has 0 fully saturated rings. The number of rotatable bonds is 1. The number of aromatic nitrogens is 2. The van der Waals surface area contributed by atoms with Gasteiger partial charge in [0, 0.05) is 25.6 Å². The standard InChI is InChI=1S/C7H9N3/c1-3-10-6-4-5-9-7(10)8-2/h3-6H,1H2,2H3/b8-7-. The Morgan fingerprint density at radius 1 is 1.80 bits per heavy atom. The summed E-state index contributed by atoms with van der Waals surface area (Å²) in [5.74, 6) is 0. The molecule has 0 bridgehead atoms. The average Bonchev–Trinajstić information content (AvgIpc) is 2.04. The van der Waals surface area contributed by atoms with Crippen molar-refractivity contribution in [2.75, 3.05) is 7.05 Å². The van der Waals surface area contributed by atoms with E-state index < -0.39 is 0 Å². The molecule has 0 aliphatic heterocycles. The van der Waals surface area contributed by atoms with E-state index in [1.54, 1.807) is 24.0 Å². The molecule has 0 aromatic carbocycles. The van der Waals surface area contributed by atoms with Crippen LogP contribution < -0.4 is 5.62 Å². The maximum absolute atomic E-state index is 3.99. The predicted octanol–water partition coefficient (Wildman–Crippen LogP) is 0.514. The minimum atomic E-state index is 0.664. The van der Waals surface area contributed by atoms with E-state index in [4.69, 9.17) is 0 Å². The number of hydrogen-bond acceptors (Lipinski definition) is 2. The van der Waals surface area contributed by atoms with Crippen LogP contribution in [0.15, 0.2) is 30.0 Å². The van der Waals surface area contributed by atoms with Crippen LogP contribution in [0.2, 0.25) is 0 Å². The molecule has 0 aliphatic carbocycles. The Morgan fingerprint density at radius 2 is 2.60 bits per heavy atom. The van der Waals surface area contributed by atoms with Gasteiger partial charge in [0.1, 0.15) is 0 Å². The highest BCUT2D eigenvalue weighted by Gasteiger charge is 1.82. The molecule has 0 spiro atoms. The van der Waals surface area contributed by atoms with Crippen molar-refractivity contribution in [2.45, 2.75) is 0 Å². The molecule has 0 atom stereocenters. The topological polar surface area (TPSA) is 30.2 Å². The molecule has 1 aromatic heterocycles. The third-order valence-electron chi connectivity index (χ3n) is 1.15. The summed E-state index contributed by atoms with van der Waals surface area (Å²) in [6, 6.07) is 1.83. The van der Waals surface area contributed by atoms with Crippen molar-refractivity contribution in [3.8, 4) is 0 Å². The van der Waals surface area contributed by atoms with Gasteiger partial charge < -0.3 is 0 Å². The Kier molecular flexibility index (Phi) is 1.99. The first-order valence-corrected chi connectivity index (χ1v) is 2.97. The van der Waals surface area contributed by atoms with E-state index in [1.165, 1.54) is 0 Å². The fraction of sp³-hybridized carbons (Fsp3) is 0.143. The Morgan fingerprint density at radius 3 is 3.10 bits per heavy atom. The third-order valence-corrected chi connectivity index (χ3v) is 1.15. The van der Waals surface area contributed by atoms with Crippen LogP contribution in [0.3, 0.4) is 0 Å². The zero-order valence-corrected chi connectivity index (χ0v) is 5.86. The maximum Gasteiger partial charge on any atom is 0.228 e. The minimum absolute atomic E-state index is 0.664. The lowest BCUT2D eigenvalue weighted by Gasteiger charge is -1.94. The molecule has 0 saturated carbocycles. The molecule has 0 saturated heterocycles. The van der Waals surface area contributed by atoms with Crippen LogP contribution in [0.5, 0.6) is 0 Å². The van der Waals surface area contributed by atoms with E-state index in [9.17, 15) is 0 Å². The second-order valence-corrected chi connectivity index (χ2v) is 1.73. The highest BCUT2D eigenvalue weighted by Crippen LogP contribution is 1.76. The van der Waals surface area contributed by atoms with Gasteiger partial charge in [-0.05, 0) is 6.07 Å². The Bertz CT molecular complexity index is 285. The van der Waals surface area contributed by atoms with Gasteiger partial charge in [-0.15, -0.1) is 0 Å². The van der Waals surface area contributed by atoms with Gasteiger partial charge in [0.15, 0.2) is 0 Å². The second kappa shape index (κ2) is 2.96. The summed E-state index contributed by atoms with van der Waals surface area (Å²) < 4.78 is 1.75. The number of nitrogens with zero attached hydrogens (tertiary/aromatic N) is 3. The zero-order chi connectivity index (χ0) is 7.40. The maximum atomic E-state index is 3.99. The molecule has 52 valence electrons. The fourth-order valence-corrected chi connectivity index (χ4v) is 0.690. The molecule has 0 radical (unpaired) electrons. The zero-order valence-electron chi connectivity index (χ0n) is 5.86. The van der Waals surface area contributed by atoms with Gasteiger partial charge in [-0.25, -0.2) is 4.98 Å². The molecule has 1 rings (SSSR count). The summed E-state index contributed by atoms with van der Waals surface area (Å²) in [6.07, 6.45) is 5.21. The van der Waals surface area contributed by atoms with Crippen molar-refractivity contribution in [3.63, 3.8) is 0 Å². The van der Waals surface area contributed by atoms with Gasteiger partial charge in [-0.1, -0.05) is 6.58 Å². The van der Waals surface area contributed by atoms with Gasteiger partial charge in [-0.2, -0.15) is 0 Å². The molecule has 0 amide bonds. The van der Waals surface area contributed by atoms with Crippen LogP contribution in [0, 0.1) is 0 Å². The Labute approximate surface area is 59.4 Å². The van der Waals surface area contributed by atoms with Crippen LogP contribution in [-0.4, -0.2) is 16.6 Å². The van der Waals surface area contributed by atoms with E-state index in [1.807, 2.05) is 12.3 Å². The van der Waals surface area contributed by atoms with E-state index in [-0.39, 0.29) is 0 Å². The van der Waals surface area contributed by atoms with Gasteiger partial charge in [-0.3, -0.25) is 9.56 Å². The highest BCUT2D eigenvalue weighted by molar-refractivity contribution is 5.14. The van der Waals surface area contributed by atoms with Crippen molar-refractivity contribution in [2.24, 2.45) is 4.99 Å². The molecular formula is C7H9N3. The normalized spacial score (nSPS) is 11.5. The van der Waals surface area contributed by atoms with Crippen molar-refractivity contribution >= 4 is 6.20 Å². The van der Waals surface area contributed by atoms with Crippen LogP contribution in [-0.2, 0) is 0 Å². The summed E-state index contributed by atoms with van der Waals surface area (Å²) in [4.78, 5) is 7.92. The summed E-state index contributed by atoms with van der Waals surface area (Å²) in [5, 5.41) is 0. The number of hydrogen-bond donors (Lipinski definition) is 0. The Hall–Kier alpha value is -1.38. The smallest absolute Gasteiger partial charge is 0.228 e. The molecule has 3 nitrogen and oxygen atoms in total. The molecule has 10 heavy (non-hydrogen) atoms. The fourth-order valence-electron chi connectivity index (χ4n) is 0.690. The SMILES string of the molecule is C=Cn1cccn/c1=N/C. The molecule has 0 N–H and O–H groups in total. The lowest BCUT2D eigenvalue weighted by Crippen LogP contribution is -2.18. The van der Waals surface area contributed by atoms with Gasteiger partial charge in [0.2, 0.25) is 5.62 Å². The highest BCUT2D eigenvalue weighted by atomic mass is 15.1. The van der Waals surface area contributed by atoms with Gasteiger partial charge in [0.05, 0.1) is 0 Å². The van der Waals surface area contributed by atoms with Crippen molar-refractivity contribution in [1.29, 1.82) is 0 Å². The van der Waals surface area contributed by atoms with Crippen LogP contribution in [0.25, 0.3) is 6.20 Å². The van der Waals surface area contributed by atoms with E-state index in [0.717, 1.165) is 0 Å². The Balaban J connectivity index is 3.36. The minimum Gasteiger partial charge on any atom is -0.294 e. The van der Waals surface area contributed by atoms with E-state index in [0.29, 0.717) is 5.62 Å². The quantitative estimate of drug-likeness (QED) is 0.552. The second-order valence-electron chi connectivity index (χ2n) is 1.73. The van der Waals surface area contributed by atoms with E-state index >= 15 is 0 Å². The molecule has 0 aliphatic rings. The first-order valence-electron chi connectivity index (χ1n) is 2.97. The molecule has 1 heterocycles. The van der Waals surface area contributed by atoms with Crippen molar-refractivity contribution in [3.05, 3.63) is 30.7 Å². The van der Waals surface area contributed by atoms with Gasteiger partial charge in [0.25, 0.3) is 0 Å². The summed E-state index contributed by atoms with van der Waals surface area (Å²) in [7, 11) is 1.70.